The van der Waals surface area contributed by atoms with Crippen LogP contribution in [0.1, 0.15) is 47.9 Å². The minimum absolute atomic E-state index is 0.0390. The van der Waals surface area contributed by atoms with Gasteiger partial charge in [0, 0.05) is 0 Å². The summed E-state index contributed by atoms with van der Waals surface area (Å²) in [5.41, 5.74) is 3.21. The summed E-state index contributed by atoms with van der Waals surface area (Å²) in [5.74, 6) is -1.23. The van der Waals surface area contributed by atoms with Gasteiger partial charge in [-0.25, -0.2) is 19.2 Å². The van der Waals surface area contributed by atoms with Crippen molar-refractivity contribution in [3.63, 3.8) is 0 Å². The highest BCUT2D eigenvalue weighted by atomic mass is 16.6. The fraction of sp³-hybridized carbons (Fsp3) is 0.263. The van der Waals surface area contributed by atoms with Crippen LogP contribution in [0.3, 0.4) is 0 Å². The van der Waals surface area contributed by atoms with Gasteiger partial charge >= 0.3 is 24.1 Å². The van der Waals surface area contributed by atoms with Crippen LogP contribution in [0.4, 0.5) is 9.59 Å². The van der Waals surface area contributed by atoms with E-state index in [1.807, 2.05) is 121 Å². The molecule has 10 nitrogen and oxygen atoms in total. The Kier molecular flexibility index (Phi) is 14.5. The summed E-state index contributed by atoms with van der Waals surface area (Å²) in [6.07, 6.45) is -0.284. The molecule has 10 heteroatoms. The summed E-state index contributed by atoms with van der Waals surface area (Å²) in [7, 11) is 0. The summed E-state index contributed by atoms with van der Waals surface area (Å²) < 4.78 is 21.7. The van der Waals surface area contributed by atoms with Gasteiger partial charge in [-0.15, -0.1) is 0 Å². The predicted molar refractivity (Wildman–Crippen MR) is 178 cm³/mol. The van der Waals surface area contributed by atoms with Crippen LogP contribution >= 0.6 is 0 Å². The molecule has 2 N–H and O–H groups in total. The number of esters is 2. The molecule has 4 aromatic carbocycles. The third-order valence-corrected chi connectivity index (χ3v) is 7.26. The fourth-order valence-electron chi connectivity index (χ4n) is 4.67. The zero-order valence-corrected chi connectivity index (χ0v) is 26.6. The molecule has 0 saturated heterocycles. The molecule has 0 aliphatic heterocycles. The molecule has 2 atom stereocenters. The van der Waals surface area contributed by atoms with Gasteiger partial charge in [-0.05, 0) is 35.1 Å². The van der Waals surface area contributed by atoms with Crippen molar-refractivity contribution in [2.75, 3.05) is 0 Å². The molecule has 0 spiro atoms. The van der Waals surface area contributed by atoms with Crippen molar-refractivity contribution in [2.24, 2.45) is 0 Å². The molecule has 0 fully saturated rings. The van der Waals surface area contributed by atoms with E-state index in [0.29, 0.717) is 12.8 Å². The zero-order chi connectivity index (χ0) is 33.8. The Morgan fingerprint density at radius 3 is 0.979 bits per heavy atom. The number of rotatable bonds is 17. The van der Waals surface area contributed by atoms with Crippen molar-refractivity contribution >= 4 is 24.1 Å². The van der Waals surface area contributed by atoms with Crippen LogP contribution in [-0.2, 0) is 55.0 Å². The Morgan fingerprint density at radius 2 is 0.688 bits per heavy atom. The van der Waals surface area contributed by atoms with Gasteiger partial charge in [-0.2, -0.15) is 0 Å². The first-order valence-corrected chi connectivity index (χ1v) is 15.8. The standard InChI is InChI=1S/C38H40N2O8/c41-35(45-25-29-15-5-1-6-16-29)33(39-37(43)47-27-31-19-9-3-10-20-31)23-13-14-24-34(36(42)46-26-30-17-7-2-8-18-30)40-38(44)48-28-32-21-11-4-12-22-32/h1-12,15-22,33-34H,13-14,23-28H2,(H,39,43)(H,40,44)/t33-,34-/m0/s1. The lowest BCUT2D eigenvalue weighted by Gasteiger charge is -2.20. The molecule has 0 aliphatic carbocycles. The lowest BCUT2D eigenvalue weighted by Crippen LogP contribution is -2.43. The first kappa shape index (κ1) is 35.2. The lowest BCUT2D eigenvalue weighted by molar-refractivity contribution is -0.148. The number of alkyl carbamates (subject to hydrolysis) is 2. The monoisotopic (exact) mass is 652 g/mol. The molecule has 0 radical (unpaired) electrons. The van der Waals surface area contributed by atoms with Crippen LogP contribution in [0, 0.1) is 0 Å². The van der Waals surface area contributed by atoms with Gasteiger partial charge < -0.3 is 29.6 Å². The Morgan fingerprint density at radius 1 is 0.417 bits per heavy atom. The molecule has 2 amide bonds. The largest absolute Gasteiger partial charge is 0.459 e. The van der Waals surface area contributed by atoms with Gasteiger partial charge in [0.25, 0.3) is 0 Å². The number of nitrogens with one attached hydrogen (secondary N) is 2. The topological polar surface area (TPSA) is 129 Å². The SMILES string of the molecule is O=C(N[C@@H](CCCC[C@H](NC(=O)OCc1ccccc1)C(=O)OCc1ccccc1)C(=O)OCc1ccccc1)OCc1ccccc1. The summed E-state index contributed by atoms with van der Waals surface area (Å²) in [4.78, 5) is 51.4. The third kappa shape index (κ3) is 13.0. The first-order valence-electron chi connectivity index (χ1n) is 15.8. The van der Waals surface area contributed by atoms with E-state index in [0.717, 1.165) is 22.3 Å². The second-order valence-electron chi connectivity index (χ2n) is 11.0. The van der Waals surface area contributed by atoms with Gasteiger partial charge in [0.05, 0.1) is 0 Å². The van der Waals surface area contributed by atoms with Crippen molar-refractivity contribution in [1.29, 1.82) is 0 Å². The average Bonchev–Trinajstić information content (AvgIpc) is 3.13. The number of unbranched alkanes of at least 4 members (excludes halogenated alkanes) is 1. The summed E-state index contributed by atoms with van der Waals surface area (Å²) in [6, 6.07) is 34.8. The molecular formula is C38H40N2O8. The number of carbonyl (C=O) groups is 4. The normalized spacial score (nSPS) is 11.8. The maximum absolute atomic E-state index is 13.1. The summed E-state index contributed by atoms with van der Waals surface area (Å²) in [5, 5.41) is 5.24. The second-order valence-corrected chi connectivity index (χ2v) is 11.0. The minimum atomic E-state index is -0.996. The summed E-state index contributed by atoms with van der Waals surface area (Å²) in [6.45, 7) is 0.164. The van der Waals surface area contributed by atoms with Crippen LogP contribution < -0.4 is 10.6 Å². The van der Waals surface area contributed by atoms with E-state index in [-0.39, 0.29) is 39.3 Å². The van der Waals surface area contributed by atoms with E-state index in [2.05, 4.69) is 10.6 Å². The van der Waals surface area contributed by atoms with E-state index in [4.69, 9.17) is 18.9 Å². The van der Waals surface area contributed by atoms with Crippen LogP contribution in [0.2, 0.25) is 0 Å². The summed E-state index contributed by atoms with van der Waals surface area (Å²) >= 11 is 0. The van der Waals surface area contributed by atoms with Crippen molar-refractivity contribution in [2.45, 2.75) is 64.2 Å². The van der Waals surface area contributed by atoms with E-state index in [1.54, 1.807) is 0 Å². The number of benzene rings is 4. The highest BCUT2D eigenvalue weighted by Gasteiger charge is 2.26. The number of hydrogen-bond acceptors (Lipinski definition) is 8. The van der Waals surface area contributed by atoms with Gasteiger partial charge in [0.2, 0.25) is 0 Å². The molecular weight excluding hydrogens is 612 g/mol. The van der Waals surface area contributed by atoms with Crippen LogP contribution in [0.25, 0.3) is 0 Å². The van der Waals surface area contributed by atoms with Crippen molar-refractivity contribution in [3.8, 4) is 0 Å². The lowest BCUT2D eigenvalue weighted by atomic mass is 10.0. The maximum atomic E-state index is 13.1. The second kappa shape index (κ2) is 19.8. The Bertz CT molecular complexity index is 1430. The third-order valence-electron chi connectivity index (χ3n) is 7.26. The van der Waals surface area contributed by atoms with Crippen LogP contribution in [0.5, 0.6) is 0 Å². The van der Waals surface area contributed by atoms with Gasteiger partial charge in [0.1, 0.15) is 38.5 Å². The molecule has 0 aromatic heterocycles. The molecule has 0 bridgehead atoms. The first-order chi connectivity index (χ1) is 23.5. The fourth-order valence-corrected chi connectivity index (χ4v) is 4.67. The van der Waals surface area contributed by atoms with Crippen LogP contribution in [-0.4, -0.2) is 36.2 Å². The Labute approximate surface area is 280 Å². The molecule has 0 unspecified atom stereocenters. The predicted octanol–water partition coefficient (Wildman–Crippen LogP) is 6.62. The highest BCUT2D eigenvalue weighted by Crippen LogP contribution is 2.13. The van der Waals surface area contributed by atoms with Crippen molar-refractivity contribution in [3.05, 3.63) is 144 Å². The van der Waals surface area contributed by atoms with Gasteiger partial charge in [0.15, 0.2) is 0 Å². The van der Waals surface area contributed by atoms with Crippen molar-refractivity contribution < 1.29 is 38.1 Å². The quantitative estimate of drug-likeness (QED) is 0.0740. The van der Waals surface area contributed by atoms with E-state index in [9.17, 15) is 19.2 Å². The van der Waals surface area contributed by atoms with Crippen LogP contribution in [0.15, 0.2) is 121 Å². The molecule has 0 saturated carbocycles. The smallest absolute Gasteiger partial charge is 0.408 e. The number of carbonyl (C=O) groups excluding carboxylic acids is 4. The average molecular weight is 653 g/mol. The minimum Gasteiger partial charge on any atom is -0.459 e. The molecule has 4 rings (SSSR count). The molecule has 4 aromatic rings. The highest BCUT2D eigenvalue weighted by molar-refractivity contribution is 5.82. The van der Waals surface area contributed by atoms with Gasteiger partial charge in [-0.3, -0.25) is 0 Å². The van der Waals surface area contributed by atoms with E-state index >= 15 is 0 Å². The number of ether oxygens (including phenoxy) is 4. The zero-order valence-electron chi connectivity index (χ0n) is 26.6. The number of amides is 2. The van der Waals surface area contributed by atoms with E-state index < -0.39 is 36.2 Å². The van der Waals surface area contributed by atoms with Crippen molar-refractivity contribution in [1.82, 2.24) is 10.6 Å². The van der Waals surface area contributed by atoms with E-state index in [1.165, 1.54) is 0 Å². The molecule has 0 aliphatic rings. The molecule has 0 heterocycles. The Balaban J connectivity index is 1.33. The Hall–Kier alpha value is -5.64. The molecule has 250 valence electrons. The number of hydrogen-bond donors (Lipinski definition) is 2. The van der Waals surface area contributed by atoms with Gasteiger partial charge in [-0.1, -0.05) is 134 Å². The molecule has 48 heavy (non-hydrogen) atoms. The maximum Gasteiger partial charge on any atom is 0.408 e.